The second-order valence-electron chi connectivity index (χ2n) is 1.99. The van der Waals surface area contributed by atoms with Crippen LogP contribution in [0, 0.1) is 31.1 Å². The number of phenolic OH excluding ortho intramolecular Hbond substituents is 1. The monoisotopic (exact) mass is 373 g/mol. The first kappa shape index (κ1) is 8.57. The van der Waals surface area contributed by atoms with Crippen LogP contribution in [-0.4, -0.2) is 20.5 Å². The van der Waals surface area contributed by atoms with Gasteiger partial charge in [-0.2, -0.15) is 0 Å². The molecule has 2 rings (SSSR count). The van der Waals surface area contributed by atoms with Gasteiger partial charge in [0.05, 0.1) is 5.52 Å². The van der Waals surface area contributed by atoms with E-state index in [1.165, 1.54) is 0 Å². The fourth-order valence-electron chi connectivity index (χ4n) is 0.856. The Labute approximate surface area is 86.4 Å². The van der Waals surface area contributed by atoms with Crippen molar-refractivity contribution in [2.24, 2.45) is 0 Å². The van der Waals surface area contributed by atoms with Gasteiger partial charge in [0.25, 0.3) is 0 Å². The average molecular weight is 373 g/mol. The number of nitrogens with one attached hydrogen (secondary N) is 1. The number of aromatic amines is 1. The summed E-state index contributed by atoms with van der Waals surface area (Å²) in [5.41, 5.74) is 1.27. The van der Waals surface area contributed by atoms with Crippen molar-refractivity contribution in [2.45, 2.75) is 0 Å². The number of aromatic hydroxyl groups is 1. The molecule has 0 radical (unpaired) electrons. The fourth-order valence-corrected chi connectivity index (χ4v) is 0.856. The van der Waals surface area contributed by atoms with Crippen molar-refractivity contribution in [3.05, 3.63) is 18.2 Å². The molecule has 11 heavy (non-hydrogen) atoms. The Balaban J connectivity index is 0.000000605. The second kappa shape index (κ2) is 3.25. The van der Waals surface area contributed by atoms with Crippen LogP contribution in [0.5, 0.6) is 5.75 Å². The van der Waals surface area contributed by atoms with Crippen molar-refractivity contribution in [1.82, 2.24) is 15.4 Å². The van der Waals surface area contributed by atoms with E-state index in [0.29, 0.717) is 5.52 Å². The molecular weight excluding hydrogens is 368 g/mol. The number of phenols is 1. The van der Waals surface area contributed by atoms with Crippen LogP contribution in [0.3, 0.4) is 0 Å². The molecule has 0 unspecified atom stereocenters. The van der Waals surface area contributed by atoms with E-state index in [4.69, 9.17) is 5.11 Å². The zero-order valence-electron chi connectivity index (χ0n) is 5.57. The molecule has 5 heteroatoms. The van der Waals surface area contributed by atoms with Gasteiger partial charge in [0.15, 0.2) is 5.52 Å². The van der Waals surface area contributed by atoms with E-state index >= 15 is 0 Å². The van der Waals surface area contributed by atoms with Crippen LogP contribution >= 0.6 is 0 Å². The summed E-state index contributed by atoms with van der Waals surface area (Å²) in [6.45, 7) is 0. The molecule has 4 nitrogen and oxygen atoms in total. The van der Waals surface area contributed by atoms with Crippen LogP contribution in [0.15, 0.2) is 18.2 Å². The van der Waals surface area contributed by atoms with Gasteiger partial charge in [-0.1, -0.05) is 11.3 Å². The first-order chi connectivity index (χ1) is 4.88. The molecular formula is C6H5N3OU. The minimum atomic E-state index is 0. The Kier molecular flexibility index (Phi) is 2.53. The molecule has 1 aromatic heterocycles. The molecule has 2 N–H and O–H groups in total. The molecule has 0 atom stereocenters. The summed E-state index contributed by atoms with van der Waals surface area (Å²) < 4.78 is 0. The van der Waals surface area contributed by atoms with Crippen LogP contribution in [-0.2, 0) is 0 Å². The summed E-state index contributed by atoms with van der Waals surface area (Å²) in [5, 5.41) is 19.0. The van der Waals surface area contributed by atoms with Crippen molar-refractivity contribution in [1.29, 1.82) is 0 Å². The summed E-state index contributed by atoms with van der Waals surface area (Å²) in [6.07, 6.45) is 0. The smallest absolute Gasteiger partial charge is 0.154 e. The summed E-state index contributed by atoms with van der Waals surface area (Å²) in [7, 11) is 0. The number of aromatic nitrogens is 3. The van der Waals surface area contributed by atoms with Gasteiger partial charge in [-0.15, -0.1) is 5.10 Å². The Hall–Kier alpha value is -0.528. The molecule has 0 saturated heterocycles. The van der Waals surface area contributed by atoms with Crippen LogP contribution in [0.1, 0.15) is 0 Å². The number of hydrogen-bond acceptors (Lipinski definition) is 3. The molecule has 2 aromatic rings. The van der Waals surface area contributed by atoms with E-state index in [0.717, 1.165) is 5.52 Å². The average Bonchev–Trinajstić information content (AvgIpc) is 2.36. The maximum absolute atomic E-state index is 9.14. The third-order valence-electron chi connectivity index (χ3n) is 1.34. The third-order valence-corrected chi connectivity index (χ3v) is 1.34. The topological polar surface area (TPSA) is 61.8 Å². The number of H-pyrrole nitrogens is 1. The zero-order chi connectivity index (χ0) is 6.97. The largest absolute Gasteiger partial charge is 0.506 e. The molecule has 1 heterocycles. The maximum Gasteiger partial charge on any atom is 0.154 e. The van der Waals surface area contributed by atoms with Crippen molar-refractivity contribution in [3.63, 3.8) is 0 Å². The molecule has 54 valence electrons. The van der Waals surface area contributed by atoms with Crippen molar-refractivity contribution in [2.75, 3.05) is 0 Å². The molecule has 0 aliphatic carbocycles. The number of nitrogens with zero attached hydrogens (tertiary/aromatic N) is 2. The number of benzene rings is 1. The predicted molar refractivity (Wildman–Crippen MR) is 35.6 cm³/mol. The van der Waals surface area contributed by atoms with Gasteiger partial charge >= 0.3 is 0 Å². The van der Waals surface area contributed by atoms with Crippen molar-refractivity contribution in [3.8, 4) is 5.75 Å². The molecule has 0 amide bonds. The molecule has 0 aliphatic heterocycles. The SMILES string of the molecule is Oc1cccc2[nH]nnc12.[U]. The van der Waals surface area contributed by atoms with Gasteiger partial charge in [-0.05, 0) is 12.1 Å². The van der Waals surface area contributed by atoms with Gasteiger partial charge in [0.2, 0.25) is 0 Å². The summed E-state index contributed by atoms with van der Waals surface area (Å²) in [6, 6.07) is 5.11. The van der Waals surface area contributed by atoms with Gasteiger partial charge in [-0.25, -0.2) is 0 Å². The van der Waals surface area contributed by atoms with E-state index in [2.05, 4.69) is 15.4 Å². The van der Waals surface area contributed by atoms with Gasteiger partial charge < -0.3 is 5.11 Å². The second-order valence-corrected chi connectivity index (χ2v) is 1.99. The number of rotatable bonds is 0. The minimum absolute atomic E-state index is 0. The Morgan fingerprint density at radius 2 is 2.18 bits per heavy atom. The first-order valence-corrected chi connectivity index (χ1v) is 2.86. The number of hydrogen-bond donors (Lipinski definition) is 2. The molecule has 1 aromatic carbocycles. The molecule has 0 fully saturated rings. The van der Waals surface area contributed by atoms with E-state index < -0.39 is 0 Å². The van der Waals surface area contributed by atoms with E-state index in [1.54, 1.807) is 18.2 Å². The predicted octanol–water partition coefficient (Wildman–Crippen LogP) is 0.663. The zero-order valence-corrected chi connectivity index (χ0v) is 9.74. The summed E-state index contributed by atoms with van der Waals surface area (Å²) >= 11 is 0. The van der Waals surface area contributed by atoms with Gasteiger partial charge in [0.1, 0.15) is 5.75 Å². The van der Waals surface area contributed by atoms with Crippen LogP contribution in [0.4, 0.5) is 0 Å². The van der Waals surface area contributed by atoms with E-state index in [-0.39, 0.29) is 36.9 Å². The Morgan fingerprint density at radius 3 is 2.91 bits per heavy atom. The summed E-state index contributed by atoms with van der Waals surface area (Å²) in [4.78, 5) is 0. The van der Waals surface area contributed by atoms with Crippen molar-refractivity contribution >= 4 is 11.0 Å². The van der Waals surface area contributed by atoms with E-state index in [9.17, 15) is 0 Å². The summed E-state index contributed by atoms with van der Waals surface area (Å²) in [5.74, 6) is 0.159. The maximum atomic E-state index is 9.14. The Morgan fingerprint density at radius 1 is 1.36 bits per heavy atom. The van der Waals surface area contributed by atoms with Crippen LogP contribution in [0.25, 0.3) is 11.0 Å². The first-order valence-electron chi connectivity index (χ1n) is 2.86. The quantitative estimate of drug-likeness (QED) is 0.714. The molecule has 0 bridgehead atoms. The third kappa shape index (κ3) is 1.39. The van der Waals surface area contributed by atoms with E-state index in [1.807, 2.05) is 0 Å². The Bertz CT molecular complexity index is 359. The standard InChI is InChI=1S/C6H5N3O.U/c10-5-3-1-2-4-6(5)8-9-7-4;/h1-3,10H,(H,7,8,9);. The molecule has 0 saturated carbocycles. The van der Waals surface area contributed by atoms with Gasteiger partial charge in [-0.3, -0.25) is 5.10 Å². The fraction of sp³-hybridized carbons (Fsp3) is 0. The van der Waals surface area contributed by atoms with Crippen LogP contribution < -0.4 is 0 Å². The minimum Gasteiger partial charge on any atom is -0.506 e. The molecule has 0 spiro atoms. The normalized spacial score (nSPS) is 9.45. The molecule has 0 aliphatic rings. The van der Waals surface area contributed by atoms with Crippen LogP contribution in [0.2, 0.25) is 0 Å². The number of fused-ring (bicyclic) bond motifs is 1. The van der Waals surface area contributed by atoms with Crippen molar-refractivity contribution < 1.29 is 36.2 Å². The van der Waals surface area contributed by atoms with Gasteiger partial charge in [0, 0.05) is 31.1 Å².